The molecule has 1 heterocycles. The molecule has 8 nitrogen and oxygen atoms in total. The second kappa shape index (κ2) is 8.66. The van der Waals surface area contributed by atoms with Crippen LogP contribution >= 0.6 is 23.2 Å². The number of carbonyl (C=O) groups excluding carboxylic acids is 1. The topological polar surface area (TPSA) is 110 Å². The molecular formula is C18H17Cl2N3O5S. The Balaban J connectivity index is 1.92. The quantitative estimate of drug-likeness (QED) is 0.536. The molecule has 1 aliphatic heterocycles. The monoisotopic (exact) mass is 457 g/mol. The molecule has 1 aliphatic rings. The highest BCUT2D eigenvalue weighted by atomic mass is 35.5. The number of halogens is 2. The molecule has 0 radical (unpaired) electrons. The Morgan fingerprint density at radius 2 is 1.86 bits per heavy atom. The number of nitrogens with zero attached hydrogens (tertiary/aromatic N) is 2. The molecule has 2 aromatic rings. The lowest BCUT2D eigenvalue weighted by atomic mass is 10.0. The minimum atomic E-state index is -4.26. The number of para-hydroxylation sites is 1. The molecule has 0 bridgehead atoms. The summed E-state index contributed by atoms with van der Waals surface area (Å²) < 4.78 is 27.4. The van der Waals surface area contributed by atoms with E-state index in [1.807, 2.05) is 0 Å². The number of nitrogens with one attached hydrogen (secondary N) is 1. The van der Waals surface area contributed by atoms with Crippen LogP contribution in [0.25, 0.3) is 0 Å². The Bertz CT molecular complexity index is 1060. The largest absolute Gasteiger partial charge is 0.325 e. The summed E-state index contributed by atoms with van der Waals surface area (Å²) >= 11 is 11.8. The second-order valence-corrected chi connectivity index (χ2v) is 9.14. The van der Waals surface area contributed by atoms with Crippen molar-refractivity contribution in [2.75, 3.05) is 11.9 Å². The standard InChI is InChI=1S/C18H17Cl2N3O5S/c19-13-9-8-12(11-14(13)20)21-18(24)16-6-3-4-10-22(16)29(27,28)17-7-2-1-5-15(17)23(25)26/h1-2,5,7-9,11,16H,3-4,6,10H2,(H,21,24). The van der Waals surface area contributed by atoms with E-state index < -0.39 is 37.5 Å². The van der Waals surface area contributed by atoms with E-state index in [9.17, 15) is 23.3 Å². The lowest BCUT2D eigenvalue weighted by Gasteiger charge is -2.33. The number of hydrogen-bond acceptors (Lipinski definition) is 5. The fourth-order valence-electron chi connectivity index (χ4n) is 3.21. The van der Waals surface area contributed by atoms with Crippen LogP contribution < -0.4 is 5.32 Å². The van der Waals surface area contributed by atoms with Gasteiger partial charge in [0.05, 0.1) is 15.0 Å². The number of piperidine rings is 1. The number of sulfonamides is 1. The minimum Gasteiger partial charge on any atom is -0.325 e. The molecule has 0 aromatic heterocycles. The van der Waals surface area contributed by atoms with E-state index in [1.54, 1.807) is 6.07 Å². The number of rotatable bonds is 5. The molecule has 1 fully saturated rings. The highest BCUT2D eigenvalue weighted by Gasteiger charge is 2.40. The zero-order chi connectivity index (χ0) is 21.2. The molecule has 11 heteroatoms. The van der Waals surface area contributed by atoms with Gasteiger partial charge in [0, 0.05) is 18.3 Å². The average molecular weight is 458 g/mol. The van der Waals surface area contributed by atoms with Crippen molar-refractivity contribution in [1.82, 2.24) is 4.31 Å². The van der Waals surface area contributed by atoms with Gasteiger partial charge in [-0.25, -0.2) is 8.42 Å². The molecule has 1 amide bonds. The van der Waals surface area contributed by atoms with Crippen molar-refractivity contribution in [3.05, 3.63) is 62.6 Å². The van der Waals surface area contributed by atoms with E-state index in [4.69, 9.17) is 23.2 Å². The van der Waals surface area contributed by atoms with Crippen molar-refractivity contribution in [2.24, 2.45) is 0 Å². The van der Waals surface area contributed by atoms with E-state index >= 15 is 0 Å². The molecule has 0 saturated carbocycles. The number of benzene rings is 2. The lowest BCUT2D eigenvalue weighted by Crippen LogP contribution is -2.49. The van der Waals surface area contributed by atoms with Crippen LogP contribution in [-0.2, 0) is 14.8 Å². The second-order valence-electron chi connectivity index (χ2n) is 6.47. The van der Waals surface area contributed by atoms with Gasteiger partial charge < -0.3 is 5.32 Å². The molecule has 29 heavy (non-hydrogen) atoms. The first kappa shape index (κ1) is 21.5. The van der Waals surface area contributed by atoms with Gasteiger partial charge in [-0.3, -0.25) is 14.9 Å². The normalized spacial score (nSPS) is 17.7. The Labute approximate surface area is 177 Å². The van der Waals surface area contributed by atoms with Crippen LogP contribution in [-0.4, -0.2) is 36.1 Å². The van der Waals surface area contributed by atoms with Gasteiger partial charge in [-0.1, -0.05) is 41.8 Å². The lowest BCUT2D eigenvalue weighted by molar-refractivity contribution is -0.387. The van der Waals surface area contributed by atoms with E-state index in [-0.39, 0.29) is 11.6 Å². The zero-order valence-corrected chi connectivity index (χ0v) is 17.4. The smallest absolute Gasteiger partial charge is 0.289 e. The zero-order valence-electron chi connectivity index (χ0n) is 15.0. The molecule has 1 saturated heterocycles. The summed E-state index contributed by atoms with van der Waals surface area (Å²) in [5.74, 6) is -0.537. The maximum atomic E-state index is 13.2. The van der Waals surface area contributed by atoms with E-state index in [1.165, 1.54) is 30.3 Å². The minimum absolute atomic E-state index is 0.0911. The van der Waals surface area contributed by atoms with Crippen molar-refractivity contribution >= 4 is 50.5 Å². The summed E-state index contributed by atoms with van der Waals surface area (Å²) in [6.07, 6.45) is 1.51. The van der Waals surface area contributed by atoms with Crippen LogP contribution in [0.4, 0.5) is 11.4 Å². The van der Waals surface area contributed by atoms with Crippen molar-refractivity contribution in [1.29, 1.82) is 0 Å². The summed E-state index contributed by atoms with van der Waals surface area (Å²) in [4.78, 5) is 23.0. The predicted octanol–water partition coefficient (Wildman–Crippen LogP) is 4.08. The number of nitro groups is 1. The first-order valence-electron chi connectivity index (χ1n) is 8.73. The molecule has 0 aliphatic carbocycles. The number of carbonyl (C=O) groups is 1. The third-order valence-corrected chi connectivity index (χ3v) is 7.29. The molecular weight excluding hydrogens is 441 g/mol. The molecule has 1 atom stereocenters. The highest BCUT2D eigenvalue weighted by molar-refractivity contribution is 7.89. The SMILES string of the molecule is O=C(Nc1ccc(Cl)c(Cl)c1)C1CCCCN1S(=O)(=O)c1ccccc1[N+](=O)[O-]. The van der Waals surface area contributed by atoms with Gasteiger partial charge in [-0.05, 0) is 37.1 Å². The predicted molar refractivity (Wildman–Crippen MR) is 110 cm³/mol. The molecule has 3 rings (SSSR count). The third kappa shape index (κ3) is 4.53. The summed E-state index contributed by atoms with van der Waals surface area (Å²) in [6, 6.07) is 8.64. The van der Waals surface area contributed by atoms with Crippen LogP contribution in [0.5, 0.6) is 0 Å². The molecule has 1 N–H and O–H groups in total. The van der Waals surface area contributed by atoms with Crippen molar-refractivity contribution < 1.29 is 18.1 Å². The van der Waals surface area contributed by atoms with Gasteiger partial charge in [-0.2, -0.15) is 4.31 Å². The van der Waals surface area contributed by atoms with Gasteiger partial charge in [0.2, 0.25) is 5.91 Å². The Morgan fingerprint density at radius 1 is 1.14 bits per heavy atom. The number of nitro benzene ring substituents is 1. The molecule has 1 unspecified atom stereocenters. The van der Waals surface area contributed by atoms with Crippen LogP contribution in [0.1, 0.15) is 19.3 Å². The third-order valence-electron chi connectivity index (χ3n) is 4.59. The van der Waals surface area contributed by atoms with Crippen molar-refractivity contribution in [3.8, 4) is 0 Å². The van der Waals surface area contributed by atoms with Crippen molar-refractivity contribution in [2.45, 2.75) is 30.2 Å². The molecule has 154 valence electrons. The van der Waals surface area contributed by atoms with Crippen molar-refractivity contribution in [3.63, 3.8) is 0 Å². The summed E-state index contributed by atoms with van der Waals surface area (Å²) in [5, 5.41) is 14.5. The summed E-state index contributed by atoms with van der Waals surface area (Å²) in [5.41, 5.74) is -0.153. The van der Waals surface area contributed by atoms with Crippen LogP contribution in [0, 0.1) is 10.1 Å². The highest BCUT2D eigenvalue weighted by Crippen LogP contribution is 2.31. The maximum absolute atomic E-state index is 13.2. The first-order chi connectivity index (χ1) is 13.7. The molecule has 2 aromatic carbocycles. The fraction of sp³-hybridized carbons (Fsp3) is 0.278. The maximum Gasteiger partial charge on any atom is 0.289 e. The van der Waals surface area contributed by atoms with Gasteiger partial charge in [-0.15, -0.1) is 0 Å². The van der Waals surface area contributed by atoms with Crippen LogP contribution in [0.3, 0.4) is 0 Å². The van der Waals surface area contributed by atoms with Gasteiger partial charge in [0.15, 0.2) is 4.90 Å². The van der Waals surface area contributed by atoms with E-state index in [0.717, 1.165) is 10.4 Å². The molecule has 0 spiro atoms. The number of hydrogen-bond donors (Lipinski definition) is 1. The van der Waals surface area contributed by atoms with Gasteiger partial charge >= 0.3 is 0 Å². The van der Waals surface area contributed by atoms with Gasteiger partial charge in [0.25, 0.3) is 15.7 Å². The Kier molecular flexibility index (Phi) is 6.42. The number of amides is 1. The van der Waals surface area contributed by atoms with Crippen LogP contribution in [0.2, 0.25) is 10.0 Å². The number of anilines is 1. The average Bonchev–Trinajstić information content (AvgIpc) is 2.70. The fourth-order valence-corrected chi connectivity index (χ4v) is 5.32. The Morgan fingerprint density at radius 3 is 2.55 bits per heavy atom. The summed E-state index contributed by atoms with van der Waals surface area (Å²) in [7, 11) is -4.26. The van der Waals surface area contributed by atoms with E-state index in [0.29, 0.717) is 30.0 Å². The van der Waals surface area contributed by atoms with E-state index in [2.05, 4.69) is 5.32 Å². The first-order valence-corrected chi connectivity index (χ1v) is 10.9. The Hall–Kier alpha value is -2.20. The summed E-state index contributed by atoms with van der Waals surface area (Å²) in [6.45, 7) is 0.0911. The van der Waals surface area contributed by atoms with Gasteiger partial charge in [0.1, 0.15) is 6.04 Å². The van der Waals surface area contributed by atoms with Crippen LogP contribution in [0.15, 0.2) is 47.4 Å².